The third kappa shape index (κ3) is 4.59. The lowest BCUT2D eigenvalue weighted by atomic mass is 10.3. The first-order chi connectivity index (χ1) is 6.84. The fourth-order valence-electron chi connectivity index (χ4n) is 1.12. The molecule has 0 bridgehead atoms. The van der Waals surface area contributed by atoms with E-state index >= 15 is 0 Å². The second kappa shape index (κ2) is 7.44. The lowest BCUT2D eigenvalue weighted by molar-refractivity contribution is 0.783. The highest BCUT2D eigenvalue weighted by atomic mass is 35.5. The predicted molar refractivity (Wildman–Crippen MR) is 66.7 cm³/mol. The highest BCUT2D eigenvalue weighted by Crippen LogP contribution is 2.27. The van der Waals surface area contributed by atoms with Crippen LogP contribution in [0.5, 0.6) is 0 Å². The molecule has 0 unspecified atom stereocenters. The maximum atomic E-state index is 6.02. The van der Waals surface area contributed by atoms with E-state index in [-0.39, 0.29) is 0 Å². The van der Waals surface area contributed by atoms with Crippen molar-refractivity contribution >= 4 is 35.0 Å². The van der Waals surface area contributed by atoms with Crippen molar-refractivity contribution < 1.29 is 0 Å². The summed E-state index contributed by atoms with van der Waals surface area (Å²) < 4.78 is 0. The molecule has 3 heteroatoms. The zero-order valence-corrected chi connectivity index (χ0v) is 10.3. The van der Waals surface area contributed by atoms with Crippen molar-refractivity contribution in [2.24, 2.45) is 0 Å². The minimum Gasteiger partial charge on any atom is -0.127 e. The zero-order valence-electron chi connectivity index (χ0n) is 8.01. The number of hydrogen-bond acceptors (Lipinski definition) is 1. The summed E-state index contributed by atoms with van der Waals surface area (Å²) in [4.78, 5) is 1.18. The van der Waals surface area contributed by atoms with E-state index < -0.39 is 0 Å². The van der Waals surface area contributed by atoms with Crippen LogP contribution in [0.25, 0.3) is 0 Å². The molecule has 1 rings (SSSR count). The molecular weight excluding hydrogens is 235 g/mol. The third-order valence-electron chi connectivity index (χ3n) is 1.87. The molecule has 0 aliphatic rings. The van der Waals surface area contributed by atoms with Crippen LogP contribution in [-0.4, -0.2) is 11.6 Å². The van der Waals surface area contributed by atoms with Gasteiger partial charge in [-0.2, -0.15) is 0 Å². The van der Waals surface area contributed by atoms with Crippen LogP contribution >= 0.6 is 35.0 Å². The molecule has 0 aliphatic heterocycles. The van der Waals surface area contributed by atoms with E-state index in [2.05, 4.69) is 6.07 Å². The van der Waals surface area contributed by atoms with E-state index in [4.69, 9.17) is 23.2 Å². The summed E-state index contributed by atoms with van der Waals surface area (Å²) in [5.41, 5.74) is 0. The average Bonchev–Trinajstić information content (AvgIpc) is 2.20. The predicted octanol–water partition coefficient (Wildman–Crippen LogP) is 4.84. The van der Waals surface area contributed by atoms with Gasteiger partial charge in [0.05, 0.1) is 5.02 Å². The van der Waals surface area contributed by atoms with Crippen LogP contribution in [0.1, 0.15) is 19.3 Å². The van der Waals surface area contributed by atoms with Crippen molar-refractivity contribution in [1.29, 1.82) is 0 Å². The Morgan fingerprint density at radius 2 is 1.86 bits per heavy atom. The number of alkyl halides is 1. The first-order valence-electron chi connectivity index (χ1n) is 4.78. The van der Waals surface area contributed by atoms with Gasteiger partial charge in [0.25, 0.3) is 0 Å². The number of halogens is 2. The van der Waals surface area contributed by atoms with Crippen molar-refractivity contribution in [2.75, 3.05) is 11.6 Å². The minimum absolute atomic E-state index is 0.775. The molecule has 0 N–H and O–H groups in total. The number of rotatable bonds is 6. The smallest absolute Gasteiger partial charge is 0.0541 e. The summed E-state index contributed by atoms with van der Waals surface area (Å²) in [6.45, 7) is 0. The van der Waals surface area contributed by atoms with E-state index in [1.807, 2.05) is 30.0 Å². The van der Waals surface area contributed by atoms with Gasteiger partial charge in [0.1, 0.15) is 0 Å². The first-order valence-corrected chi connectivity index (χ1v) is 6.67. The van der Waals surface area contributed by atoms with Gasteiger partial charge < -0.3 is 0 Å². The summed E-state index contributed by atoms with van der Waals surface area (Å²) in [7, 11) is 0. The third-order valence-corrected chi connectivity index (χ3v) is 3.74. The number of hydrogen-bond donors (Lipinski definition) is 0. The topological polar surface area (TPSA) is 0 Å². The Balaban J connectivity index is 2.21. The van der Waals surface area contributed by atoms with Crippen molar-refractivity contribution in [3.63, 3.8) is 0 Å². The molecule has 1 aromatic rings. The molecule has 0 atom stereocenters. The molecule has 0 radical (unpaired) electrons. The summed E-state index contributed by atoms with van der Waals surface area (Å²) in [6, 6.07) is 7.98. The van der Waals surface area contributed by atoms with E-state index in [9.17, 15) is 0 Å². The molecule has 0 amide bonds. The summed E-state index contributed by atoms with van der Waals surface area (Å²) in [5.74, 6) is 1.90. The van der Waals surface area contributed by atoms with Gasteiger partial charge in [-0.1, -0.05) is 30.2 Å². The van der Waals surface area contributed by atoms with Crippen molar-refractivity contribution in [2.45, 2.75) is 24.2 Å². The lowest BCUT2D eigenvalue weighted by Crippen LogP contribution is -1.82. The quantitative estimate of drug-likeness (QED) is 0.395. The van der Waals surface area contributed by atoms with Gasteiger partial charge in [0.2, 0.25) is 0 Å². The van der Waals surface area contributed by atoms with Gasteiger partial charge in [-0.05, 0) is 30.7 Å². The van der Waals surface area contributed by atoms with Crippen molar-refractivity contribution in [1.82, 2.24) is 0 Å². The fourth-order valence-corrected chi connectivity index (χ4v) is 2.55. The molecular formula is C11H14Cl2S. The largest absolute Gasteiger partial charge is 0.127 e. The Morgan fingerprint density at radius 3 is 2.57 bits per heavy atom. The fraction of sp³-hybridized carbons (Fsp3) is 0.455. The van der Waals surface area contributed by atoms with Gasteiger partial charge in [-0.15, -0.1) is 23.4 Å². The average molecular weight is 249 g/mol. The Labute approximate surface area is 100.0 Å². The van der Waals surface area contributed by atoms with Gasteiger partial charge in [-0.25, -0.2) is 0 Å². The Hall–Kier alpha value is 0.150. The van der Waals surface area contributed by atoms with E-state index in [1.54, 1.807) is 0 Å². The standard InChI is InChI=1S/C11H14Cl2S/c12-8-4-1-5-9-14-11-7-3-2-6-10(11)13/h2-3,6-7H,1,4-5,8-9H2. The van der Waals surface area contributed by atoms with Crippen LogP contribution in [0.2, 0.25) is 5.02 Å². The van der Waals surface area contributed by atoms with Crippen LogP contribution in [0.4, 0.5) is 0 Å². The molecule has 0 saturated carbocycles. The van der Waals surface area contributed by atoms with Crippen LogP contribution in [0, 0.1) is 0 Å². The van der Waals surface area contributed by atoms with Gasteiger partial charge in [0, 0.05) is 10.8 Å². The van der Waals surface area contributed by atoms with Gasteiger partial charge in [0.15, 0.2) is 0 Å². The molecule has 14 heavy (non-hydrogen) atoms. The van der Waals surface area contributed by atoms with Gasteiger partial charge >= 0.3 is 0 Å². The number of thioether (sulfide) groups is 1. The zero-order chi connectivity index (χ0) is 10.2. The highest BCUT2D eigenvalue weighted by Gasteiger charge is 1.98. The maximum Gasteiger partial charge on any atom is 0.0541 e. The molecule has 0 nitrogen and oxygen atoms in total. The van der Waals surface area contributed by atoms with Crippen molar-refractivity contribution in [3.05, 3.63) is 29.3 Å². The second-order valence-corrected chi connectivity index (χ2v) is 4.95. The monoisotopic (exact) mass is 248 g/mol. The van der Waals surface area contributed by atoms with Crippen LogP contribution in [-0.2, 0) is 0 Å². The minimum atomic E-state index is 0.775. The first kappa shape index (κ1) is 12.2. The van der Waals surface area contributed by atoms with E-state index in [0.717, 1.165) is 23.1 Å². The Kier molecular flexibility index (Phi) is 6.50. The molecule has 0 heterocycles. The SMILES string of the molecule is ClCCCCCSc1ccccc1Cl. The maximum absolute atomic E-state index is 6.02. The van der Waals surface area contributed by atoms with Crippen molar-refractivity contribution in [3.8, 4) is 0 Å². The molecule has 0 aliphatic carbocycles. The highest BCUT2D eigenvalue weighted by molar-refractivity contribution is 7.99. The van der Waals surface area contributed by atoms with E-state index in [0.29, 0.717) is 0 Å². The second-order valence-electron chi connectivity index (χ2n) is 3.03. The van der Waals surface area contributed by atoms with Crippen LogP contribution in [0.3, 0.4) is 0 Å². The summed E-state index contributed by atoms with van der Waals surface area (Å²) in [6.07, 6.45) is 3.54. The number of unbranched alkanes of at least 4 members (excludes halogenated alkanes) is 2. The molecule has 0 fully saturated rings. The molecule has 0 spiro atoms. The normalized spacial score (nSPS) is 10.4. The van der Waals surface area contributed by atoms with Crippen LogP contribution < -0.4 is 0 Å². The lowest BCUT2D eigenvalue weighted by Gasteiger charge is -2.02. The molecule has 1 aromatic carbocycles. The molecule has 0 saturated heterocycles. The molecule has 0 aromatic heterocycles. The van der Waals surface area contributed by atoms with Crippen LogP contribution in [0.15, 0.2) is 29.2 Å². The molecule has 78 valence electrons. The summed E-state index contributed by atoms with van der Waals surface area (Å²) >= 11 is 13.4. The van der Waals surface area contributed by atoms with Gasteiger partial charge in [-0.3, -0.25) is 0 Å². The number of benzene rings is 1. The summed E-state index contributed by atoms with van der Waals surface area (Å²) in [5, 5.41) is 0.856. The van der Waals surface area contributed by atoms with E-state index in [1.165, 1.54) is 17.7 Å². The Morgan fingerprint density at radius 1 is 1.07 bits per heavy atom. The Bertz CT molecular complexity index is 263.